The lowest BCUT2D eigenvalue weighted by atomic mass is 10.2. The highest BCUT2D eigenvalue weighted by Crippen LogP contribution is 2.35. The van der Waals surface area contributed by atoms with Crippen LogP contribution in [0.5, 0.6) is 0 Å². The van der Waals surface area contributed by atoms with Gasteiger partial charge >= 0.3 is 0 Å². The van der Waals surface area contributed by atoms with E-state index in [0.717, 1.165) is 6.54 Å². The predicted molar refractivity (Wildman–Crippen MR) is 53.1 cm³/mol. The minimum absolute atomic E-state index is 0.245. The molecule has 0 aromatic carbocycles. The van der Waals surface area contributed by atoms with E-state index in [1.165, 1.54) is 25.0 Å². The second-order valence-electron chi connectivity index (χ2n) is 3.64. The number of nitrogens with two attached hydrogens (primary N) is 1. The van der Waals surface area contributed by atoms with Crippen molar-refractivity contribution in [3.05, 3.63) is 0 Å². The fourth-order valence-corrected chi connectivity index (χ4v) is 1.93. The van der Waals surface area contributed by atoms with Crippen LogP contribution >= 0.6 is 10.0 Å². The highest BCUT2D eigenvalue weighted by molar-refractivity contribution is 8.32. The van der Waals surface area contributed by atoms with Crippen LogP contribution in [0.4, 0.5) is 0 Å². The van der Waals surface area contributed by atoms with Crippen LogP contribution in [-0.2, 0) is 0 Å². The lowest BCUT2D eigenvalue weighted by Gasteiger charge is -2.24. The number of hydrogen-bond donors (Lipinski definition) is 1. The van der Waals surface area contributed by atoms with Gasteiger partial charge in [-0.3, -0.25) is 0 Å². The predicted octanol–water partition coefficient (Wildman–Crippen LogP) is 1.81. The Morgan fingerprint density at radius 1 is 1.00 bits per heavy atom. The maximum Gasteiger partial charge on any atom is -0.00773 e. The van der Waals surface area contributed by atoms with E-state index in [-0.39, 0.29) is 10.0 Å². The Labute approximate surface area is 66.7 Å². The molecule has 0 heterocycles. The van der Waals surface area contributed by atoms with Gasteiger partial charge in [-0.2, -0.15) is 0 Å². The van der Waals surface area contributed by atoms with Gasteiger partial charge in [-0.15, -0.1) is 0 Å². The monoisotopic (exact) mass is 163 g/mol. The third-order valence-electron chi connectivity index (χ3n) is 1.46. The maximum absolute atomic E-state index is 5.39. The van der Waals surface area contributed by atoms with E-state index in [4.69, 9.17) is 5.73 Å². The Hall–Kier alpha value is 0.310. The topological polar surface area (TPSA) is 26.0 Å². The molecule has 0 bridgehead atoms. The highest BCUT2D eigenvalue weighted by Gasteiger charge is 2.01. The molecule has 2 N–H and O–H groups in total. The molecule has 0 spiro atoms. The minimum Gasteiger partial charge on any atom is -0.330 e. The molecule has 0 radical (unpaired) electrons. The molecule has 0 fully saturated rings. The van der Waals surface area contributed by atoms with Crippen LogP contribution in [0.25, 0.3) is 0 Å². The summed E-state index contributed by atoms with van der Waals surface area (Å²) in [5.41, 5.74) is 5.39. The molecular weight excluding hydrogens is 142 g/mol. The number of hydrogen-bond acceptors (Lipinski definition) is 1. The van der Waals surface area contributed by atoms with Gasteiger partial charge in [0, 0.05) is 0 Å². The van der Waals surface area contributed by atoms with Gasteiger partial charge in [0.05, 0.1) is 0 Å². The summed E-state index contributed by atoms with van der Waals surface area (Å²) in [6.07, 6.45) is 11.0. The largest absolute Gasteiger partial charge is 0.330 e. The summed E-state index contributed by atoms with van der Waals surface area (Å²) in [6, 6.07) is 0. The minimum atomic E-state index is -0.245. The molecule has 10 heavy (non-hydrogen) atoms. The van der Waals surface area contributed by atoms with Crippen molar-refractivity contribution in [1.82, 2.24) is 0 Å². The summed E-state index contributed by atoms with van der Waals surface area (Å²) in [7, 11) is -0.245. The van der Waals surface area contributed by atoms with Crippen molar-refractivity contribution >= 4 is 10.0 Å². The second-order valence-corrected chi connectivity index (χ2v) is 8.23. The first-order chi connectivity index (χ1) is 4.56. The van der Waals surface area contributed by atoms with E-state index in [1.807, 2.05) is 0 Å². The van der Waals surface area contributed by atoms with E-state index in [0.29, 0.717) is 0 Å². The normalized spacial score (nSPS) is 13.6. The van der Waals surface area contributed by atoms with Crippen molar-refractivity contribution in [1.29, 1.82) is 0 Å². The highest BCUT2D eigenvalue weighted by atomic mass is 32.3. The molecule has 0 aliphatic rings. The van der Waals surface area contributed by atoms with Crippen LogP contribution in [0.2, 0.25) is 0 Å². The molecule has 64 valence electrons. The summed E-state index contributed by atoms with van der Waals surface area (Å²) in [4.78, 5) is 0. The lowest BCUT2D eigenvalue weighted by molar-refractivity contribution is 0.731. The molecule has 0 aromatic heterocycles. The SMILES string of the molecule is CS(C)(C)CCCCCN. The van der Waals surface area contributed by atoms with Gasteiger partial charge in [0.15, 0.2) is 0 Å². The molecule has 0 aliphatic carbocycles. The van der Waals surface area contributed by atoms with Gasteiger partial charge in [0.1, 0.15) is 0 Å². The Kier molecular flexibility index (Phi) is 5.18. The summed E-state index contributed by atoms with van der Waals surface area (Å²) in [6.45, 7) is 0.861. The summed E-state index contributed by atoms with van der Waals surface area (Å²) in [5, 5.41) is 0. The Bertz CT molecular complexity index is 75.8. The van der Waals surface area contributed by atoms with Crippen LogP contribution in [0, 0.1) is 0 Å². The van der Waals surface area contributed by atoms with Gasteiger partial charge < -0.3 is 5.73 Å². The molecule has 0 rings (SSSR count). The Morgan fingerprint density at radius 3 is 2.00 bits per heavy atom. The first-order valence-electron chi connectivity index (χ1n) is 3.92. The van der Waals surface area contributed by atoms with Crippen molar-refractivity contribution in [3.8, 4) is 0 Å². The second kappa shape index (κ2) is 5.03. The zero-order valence-electron chi connectivity index (χ0n) is 7.52. The van der Waals surface area contributed by atoms with Crippen LogP contribution in [0.1, 0.15) is 19.3 Å². The van der Waals surface area contributed by atoms with Crippen molar-refractivity contribution in [2.75, 3.05) is 31.1 Å². The van der Waals surface area contributed by atoms with Crippen LogP contribution in [0.3, 0.4) is 0 Å². The fourth-order valence-electron chi connectivity index (χ4n) is 0.856. The summed E-state index contributed by atoms with van der Waals surface area (Å²) >= 11 is 0. The van der Waals surface area contributed by atoms with Crippen molar-refractivity contribution < 1.29 is 0 Å². The van der Waals surface area contributed by atoms with E-state index in [2.05, 4.69) is 18.8 Å². The van der Waals surface area contributed by atoms with Gasteiger partial charge in [-0.05, 0) is 43.9 Å². The first kappa shape index (κ1) is 10.3. The van der Waals surface area contributed by atoms with E-state index >= 15 is 0 Å². The molecule has 0 atom stereocenters. The maximum atomic E-state index is 5.39. The van der Waals surface area contributed by atoms with Crippen molar-refractivity contribution in [3.63, 3.8) is 0 Å². The third-order valence-corrected chi connectivity index (χ3v) is 2.97. The molecule has 0 aromatic rings. The van der Waals surface area contributed by atoms with Crippen LogP contribution in [0.15, 0.2) is 0 Å². The molecule has 0 saturated heterocycles. The Balaban J connectivity index is 3.04. The zero-order chi connectivity index (χ0) is 8.04. The molecule has 2 heteroatoms. The quantitative estimate of drug-likeness (QED) is 0.615. The van der Waals surface area contributed by atoms with Crippen LogP contribution < -0.4 is 5.73 Å². The number of unbranched alkanes of at least 4 members (excludes halogenated alkanes) is 2. The number of rotatable bonds is 5. The molecular formula is C8H21NS. The molecule has 0 saturated carbocycles. The van der Waals surface area contributed by atoms with E-state index < -0.39 is 0 Å². The van der Waals surface area contributed by atoms with Crippen molar-refractivity contribution in [2.45, 2.75) is 19.3 Å². The molecule has 0 aliphatic heterocycles. The first-order valence-corrected chi connectivity index (χ1v) is 6.95. The average Bonchev–Trinajstić information content (AvgIpc) is 1.78. The third kappa shape index (κ3) is 8.31. The summed E-state index contributed by atoms with van der Waals surface area (Å²) in [5.74, 6) is 1.41. The standard InChI is InChI=1S/C8H21NS/c1-10(2,3)8-6-4-5-7-9/h4-9H2,1-3H3. The van der Waals surface area contributed by atoms with E-state index in [1.54, 1.807) is 0 Å². The van der Waals surface area contributed by atoms with Gasteiger partial charge in [-0.1, -0.05) is 6.42 Å². The van der Waals surface area contributed by atoms with Gasteiger partial charge in [0.25, 0.3) is 0 Å². The van der Waals surface area contributed by atoms with Crippen molar-refractivity contribution in [2.24, 2.45) is 5.73 Å². The van der Waals surface area contributed by atoms with Gasteiger partial charge in [-0.25, -0.2) is 10.0 Å². The smallest absolute Gasteiger partial charge is 0.00773 e. The molecule has 0 amide bonds. The van der Waals surface area contributed by atoms with Gasteiger partial charge in [0.2, 0.25) is 0 Å². The summed E-state index contributed by atoms with van der Waals surface area (Å²) < 4.78 is 0. The molecule has 0 unspecified atom stereocenters. The lowest BCUT2D eigenvalue weighted by Crippen LogP contribution is -2.01. The van der Waals surface area contributed by atoms with Crippen LogP contribution in [-0.4, -0.2) is 31.1 Å². The van der Waals surface area contributed by atoms with E-state index in [9.17, 15) is 0 Å². The fraction of sp³-hybridized carbons (Fsp3) is 1.00. The Morgan fingerprint density at radius 2 is 1.60 bits per heavy atom. The zero-order valence-corrected chi connectivity index (χ0v) is 8.34. The average molecular weight is 163 g/mol. The molecule has 1 nitrogen and oxygen atoms in total.